The van der Waals surface area contributed by atoms with Gasteiger partial charge in [0, 0.05) is 33.2 Å². The third-order valence-electron chi connectivity index (χ3n) is 4.27. The van der Waals surface area contributed by atoms with Gasteiger partial charge >= 0.3 is 12.0 Å². The van der Waals surface area contributed by atoms with E-state index in [1.54, 1.807) is 12.0 Å². The number of amides is 2. The van der Waals surface area contributed by atoms with Crippen LogP contribution in [0.3, 0.4) is 0 Å². The van der Waals surface area contributed by atoms with Gasteiger partial charge in [0.25, 0.3) is 0 Å². The first-order valence-corrected chi connectivity index (χ1v) is 6.93. The minimum Gasteiger partial charge on any atom is -0.480 e. The van der Waals surface area contributed by atoms with Gasteiger partial charge in [-0.05, 0) is 12.3 Å². The number of carboxylic acid groups (broad SMARTS) is 1. The Bertz CT molecular complexity index is 389. The standard InChI is InChI=1S/C13H22N2O5/c1-8-3-4-14(7-11(8)20-2)13(19)15-6-9(16)5-10(15)12(17)18/h8-11,16H,3-7H2,1-2H3,(H,17,18). The summed E-state index contributed by atoms with van der Waals surface area (Å²) in [6.45, 7) is 3.23. The van der Waals surface area contributed by atoms with Gasteiger partial charge in [-0.15, -0.1) is 0 Å². The number of aliphatic carboxylic acids is 1. The van der Waals surface area contributed by atoms with Gasteiger partial charge in [0.05, 0.1) is 12.2 Å². The summed E-state index contributed by atoms with van der Waals surface area (Å²) in [6, 6.07) is -1.25. The van der Waals surface area contributed by atoms with E-state index in [4.69, 9.17) is 9.84 Å². The third kappa shape index (κ3) is 2.88. The number of hydrogen-bond acceptors (Lipinski definition) is 4. The second-order valence-corrected chi connectivity index (χ2v) is 5.66. The molecule has 7 heteroatoms. The average molecular weight is 286 g/mol. The highest BCUT2D eigenvalue weighted by atomic mass is 16.5. The lowest BCUT2D eigenvalue weighted by Crippen LogP contribution is -2.53. The average Bonchev–Trinajstić information content (AvgIpc) is 2.81. The first-order valence-electron chi connectivity index (χ1n) is 6.93. The molecular weight excluding hydrogens is 264 g/mol. The number of carboxylic acids is 1. The van der Waals surface area contributed by atoms with Crippen LogP contribution in [-0.2, 0) is 9.53 Å². The molecule has 2 heterocycles. The molecule has 114 valence electrons. The Morgan fingerprint density at radius 3 is 2.60 bits per heavy atom. The van der Waals surface area contributed by atoms with Gasteiger partial charge in [0.2, 0.25) is 0 Å². The number of rotatable bonds is 2. The molecule has 20 heavy (non-hydrogen) atoms. The molecule has 2 rings (SSSR count). The molecule has 4 unspecified atom stereocenters. The lowest BCUT2D eigenvalue weighted by atomic mass is 9.96. The highest BCUT2D eigenvalue weighted by molar-refractivity contribution is 5.83. The van der Waals surface area contributed by atoms with Crippen LogP contribution in [-0.4, -0.2) is 77.0 Å². The topological polar surface area (TPSA) is 90.3 Å². The van der Waals surface area contributed by atoms with Crippen LogP contribution in [0.25, 0.3) is 0 Å². The molecule has 0 aromatic heterocycles. The number of ether oxygens (including phenoxy) is 1. The predicted molar refractivity (Wildman–Crippen MR) is 70.3 cm³/mol. The number of β-amino-alcohol motifs (C(OH)–C–C–N with tert-alkyl or cyclic N) is 1. The van der Waals surface area contributed by atoms with E-state index in [1.165, 1.54) is 4.90 Å². The van der Waals surface area contributed by atoms with E-state index < -0.39 is 18.1 Å². The maximum atomic E-state index is 12.5. The van der Waals surface area contributed by atoms with Crippen LogP contribution in [0.5, 0.6) is 0 Å². The van der Waals surface area contributed by atoms with Crippen molar-refractivity contribution < 1.29 is 24.5 Å². The van der Waals surface area contributed by atoms with E-state index in [-0.39, 0.29) is 25.1 Å². The lowest BCUT2D eigenvalue weighted by molar-refractivity contribution is -0.141. The fourth-order valence-electron chi connectivity index (χ4n) is 2.96. The monoisotopic (exact) mass is 286 g/mol. The number of hydrogen-bond donors (Lipinski definition) is 2. The molecule has 7 nitrogen and oxygen atoms in total. The van der Waals surface area contributed by atoms with Crippen LogP contribution in [0.1, 0.15) is 19.8 Å². The number of carbonyl (C=O) groups is 2. The van der Waals surface area contributed by atoms with Crippen molar-refractivity contribution >= 4 is 12.0 Å². The van der Waals surface area contributed by atoms with Crippen LogP contribution < -0.4 is 0 Å². The fourth-order valence-corrected chi connectivity index (χ4v) is 2.96. The number of carbonyl (C=O) groups excluding carboxylic acids is 1. The van der Waals surface area contributed by atoms with Gasteiger partial charge in [-0.2, -0.15) is 0 Å². The molecule has 2 aliphatic rings. The minimum atomic E-state index is -1.07. The number of piperidine rings is 1. The second kappa shape index (κ2) is 5.97. The molecule has 2 N–H and O–H groups in total. The molecule has 2 amide bonds. The summed E-state index contributed by atoms with van der Waals surface area (Å²) >= 11 is 0. The minimum absolute atomic E-state index is 0.0245. The van der Waals surface area contributed by atoms with Gasteiger partial charge in [-0.25, -0.2) is 9.59 Å². The Kier molecular flexibility index (Phi) is 4.49. The number of aliphatic hydroxyl groups excluding tert-OH is 1. The van der Waals surface area contributed by atoms with Crippen molar-refractivity contribution in [2.24, 2.45) is 5.92 Å². The smallest absolute Gasteiger partial charge is 0.326 e. The van der Waals surface area contributed by atoms with E-state index in [1.807, 2.05) is 0 Å². The van der Waals surface area contributed by atoms with E-state index >= 15 is 0 Å². The zero-order valence-electron chi connectivity index (χ0n) is 11.9. The molecule has 0 bridgehead atoms. The summed E-state index contributed by atoms with van der Waals surface area (Å²) in [7, 11) is 1.62. The molecule has 0 aliphatic carbocycles. The zero-order valence-corrected chi connectivity index (χ0v) is 11.9. The van der Waals surface area contributed by atoms with E-state index in [9.17, 15) is 14.7 Å². The zero-order chi connectivity index (χ0) is 14.9. The molecule has 0 saturated carbocycles. The van der Waals surface area contributed by atoms with Crippen LogP contribution in [0.15, 0.2) is 0 Å². The van der Waals surface area contributed by atoms with Crippen LogP contribution in [0.2, 0.25) is 0 Å². The summed E-state index contributed by atoms with van der Waals surface area (Å²) in [5.41, 5.74) is 0. The van der Waals surface area contributed by atoms with Crippen LogP contribution >= 0.6 is 0 Å². The first kappa shape index (κ1) is 15.1. The summed E-state index contributed by atoms with van der Waals surface area (Å²) in [5, 5.41) is 18.7. The van der Waals surface area contributed by atoms with Crippen molar-refractivity contribution in [3.8, 4) is 0 Å². The highest BCUT2D eigenvalue weighted by Gasteiger charge is 2.42. The summed E-state index contributed by atoms with van der Waals surface area (Å²) in [4.78, 5) is 26.5. The Morgan fingerprint density at radius 2 is 2.00 bits per heavy atom. The van der Waals surface area contributed by atoms with Gasteiger partial charge in [0.15, 0.2) is 0 Å². The maximum Gasteiger partial charge on any atom is 0.326 e. The predicted octanol–water partition coefficient (Wildman–Crippen LogP) is -0.0170. The molecule has 0 spiro atoms. The highest BCUT2D eigenvalue weighted by Crippen LogP contribution is 2.24. The largest absolute Gasteiger partial charge is 0.480 e. The molecule has 2 fully saturated rings. The number of nitrogens with zero attached hydrogens (tertiary/aromatic N) is 2. The quantitative estimate of drug-likeness (QED) is 0.744. The molecule has 2 saturated heterocycles. The third-order valence-corrected chi connectivity index (χ3v) is 4.27. The van der Waals surface area contributed by atoms with Crippen LogP contribution in [0.4, 0.5) is 4.79 Å². The van der Waals surface area contributed by atoms with Crippen molar-refractivity contribution in [1.82, 2.24) is 9.80 Å². The number of urea groups is 1. The number of methoxy groups -OCH3 is 1. The second-order valence-electron chi connectivity index (χ2n) is 5.66. The first-order chi connectivity index (χ1) is 9.43. The Morgan fingerprint density at radius 1 is 1.30 bits per heavy atom. The van der Waals surface area contributed by atoms with Gasteiger partial charge in [0.1, 0.15) is 6.04 Å². The van der Waals surface area contributed by atoms with Gasteiger partial charge < -0.3 is 24.7 Å². The molecular formula is C13H22N2O5. The van der Waals surface area contributed by atoms with Crippen molar-refractivity contribution in [1.29, 1.82) is 0 Å². The maximum absolute atomic E-state index is 12.5. The molecule has 0 radical (unpaired) electrons. The summed E-state index contributed by atoms with van der Waals surface area (Å²) in [6.07, 6.45) is 0.141. The number of likely N-dealkylation sites (tertiary alicyclic amines) is 2. The van der Waals surface area contributed by atoms with Crippen LogP contribution in [0, 0.1) is 5.92 Å². The number of aliphatic hydroxyl groups is 1. The SMILES string of the molecule is COC1CN(C(=O)N2CC(O)CC2C(=O)O)CCC1C. The normalized spacial score (nSPS) is 34.4. The Balaban J connectivity index is 2.05. The van der Waals surface area contributed by atoms with Crippen molar-refractivity contribution in [2.45, 2.75) is 38.0 Å². The molecule has 0 aromatic carbocycles. The molecule has 4 atom stereocenters. The van der Waals surface area contributed by atoms with E-state index in [0.29, 0.717) is 19.0 Å². The van der Waals surface area contributed by atoms with Crippen molar-refractivity contribution in [3.63, 3.8) is 0 Å². The van der Waals surface area contributed by atoms with Crippen molar-refractivity contribution in [2.75, 3.05) is 26.7 Å². The summed E-state index contributed by atoms with van der Waals surface area (Å²) in [5.74, 6) is -0.688. The van der Waals surface area contributed by atoms with E-state index in [2.05, 4.69) is 6.92 Å². The Hall–Kier alpha value is -1.34. The Labute approximate surface area is 118 Å². The molecule has 0 aromatic rings. The van der Waals surface area contributed by atoms with Gasteiger partial charge in [-0.3, -0.25) is 0 Å². The lowest BCUT2D eigenvalue weighted by Gasteiger charge is -2.38. The molecule has 2 aliphatic heterocycles. The summed E-state index contributed by atoms with van der Waals surface area (Å²) < 4.78 is 5.36. The van der Waals surface area contributed by atoms with E-state index in [0.717, 1.165) is 6.42 Å². The fraction of sp³-hybridized carbons (Fsp3) is 0.846. The van der Waals surface area contributed by atoms with Crippen molar-refractivity contribution in [3.05, 3.63) is 0 Å². The van der Waals surface area contributed by atoms with Gasteiger partial charge in [-0.1, -0.05) is 6.92 Å².